The van der Waals surface area contributed by atoms with Crippen molar-refractivity contribution in [3.8, 4) is 0 Å². The van der Waals surface area contributed by atoms with Crippen molar-refractivity contribution in [2.75, 3.05) is 18.4 Å². The molecule has 2 aliphatic rings. The van der Waals surface area contributed by atoms with Gasteiger partial charge in [0, 0.05) is 30.9 Å². The first-order valence-electron chi connectivity index (χ1n) is 8.07. The van der Waals surface area contributed by atoms with Gasteiger partial charge in [-0.15, -0.1) is 0 Å². The highest BCUT2D eigenvalue weighted by Crippen LogP contribution is 2.35. The summed E-state index contributed by atoms with van der Waals surface area (Å²) in [6.07, 6.45) is 6.68. The summed E-state index contributed by atoms with van der Waals surface area (Å²) in [4.78, 5) is 11.9. The first-order valence-corrected chi connectivity index (χ1v) is 8.07. The van der Waals surface area contributed by atoms with E-state index in [0.29, 0.717) is 0 Å². The maximum absolute atomic E-state index is 4.68. The van der Waals surface area contributed by atoms with Crippen LogP contribution in [0, 0.1) is 12.8 Å². The summed E-state index contributed by atoms with van der Waals surface area (Å²) in [6, 6.07) is 2.84. The van der Waals surface area contributed by atoms with Gasteiger partial charge in [0.1, 0.15) is 11.6 Å². The van der Waals surface area contributed by atoms with Crippen molar-refractivity contribution < 1.29 is 0 Å². The third-order valence-electron chi connectivity index (χ3n) is 4.05. The predicted octanol–water partition coefficient (Wildman–Crippen LogP) is 2.98. The zero-order valence-corrected chi connectivity index (χ0v) is 12.7. The van der Waals surface area contributed by atoms with Gasteiger partial charge in [-0.1, -0.05) is 6.92 Å². The van der Waals surface area contributed by atoms with Crippen LogP contribution in [-0.4, -0.2) is 34.0 Å². The van der Waals surface area contributed by atoms with Crippen molar-refractivity contribution in [3.63, 3.8) is 0 Å². The highest BCUT2D eigenvalue weighted by Gasteiger charge is 2.34. The molecular formula is C16H26N4. The second kappa shape index (κ2) is 6.08. The molecule has 0 aliphatic heterocycles. The molecule has 1 aromatic rings. The molecular weight excluding hydrogens is 248 g/mol. The minimum atomic E-state index is 0.798. The smallest absolute Gasteiger partial charge is 0.144 e. The molecule has 3 rings (SSSR count). The maximum atomic E-state index is 4.68. The minimum absolute atomic E-state index is 0.798. The molecule has 0 radical (unpaired) electrons. The van der Waals surface area contributed by atoms with Crippen molar-refractivity contribution in [2.45, 2.75) is 58.5 Å². The molecule has 2 aliphatic carbocycles. The lowest BCUT2D eigenvalue weighted by atomic mass is 10.3. The van der Waals surface area contributed by atoms with E-state index in [2.05, 4.69) is 34.0 Å². The Balaban J connectivity index is 1.66. The number of nitrogens with zero attached hydrogens (tertiary/aromatic N) is 3. The number of hydrogen-bond donors (Lipinski definition) is 1. The topological polar surface area (TPSA) is 41.1 Å². The lowest BCUT2D eigenvalue weighted by Gasteiger charge is -2.21. The molecule has 110 valence electrons. The van der Waals surface area contributed by atoms with E-state index in [-0.39, 0.29) is 0 Å². The average Bonchev–Trinajstić information content (AvgIpc) is 3.26. The molecule has 0 spiro atoms. The Morgan fingerprint density at radius 2 is 2.05 bits per heavy atom. The molecule has 4 nitrogen and oxygen atoms in total. The molecule has 2 fully saturated rings. The fourth-order valence-electron chi connectivity index (χ4n) is 2.64. The van der Waals surface area contributed by atoms with E-state index in [1.54, 1.807) is 0 Å². The Morgan fingerprint density at radius 3 is 2.70 bits per heavy atom. The van der Waals surface area contributed by atoms with Crippen LogP contribution in [0.25, 0.3) is 0 Å². The van der Waals surface area contributed by atoms with Gasteiger partial charge in [0.05, 0.1) is 6.54 Å². The number of rotatable bonds is 8. The standard InChI is InChI=1S/C16H26N4/c1-3-8-17-15-9-12(2)18-16(19-15)11-20(14-6-7-14)10-13-4-5-13/h9,13-14H,3-8,10-11H2,1-2H3,(H,17,18,19). The summed E-state index contributed by atoms with van der Waals surface area (Å²) in [5.74, 6) is 2.91. The molecule has 0 saturated heterocycles. The summed E-state index contributed by atoms with van der Waals surface area (Å²) in [5, 5.41) is 3.38. The van der Waals surface area contributed by atoms with Crippen molar-refractivity contribution in [2.24, 2.45) is 5.92 Å². The van der Waals surface area contributed by atoms with Crippen molar-refractivity contribution >= 4 is 5.82 Å². The minimum Gasteiger partial charge on any atom is -0.370 e. The molecule has 20 heavy (non-hydrogen) atoms. The van der Waals surface area contributed by atoms with Gasteiger partial charge in [-0.2, -0.15) is 0 Å². The molecule has 1 N–H and O–H groups in total. The van der Waals surface area contributed by atoms with Gasteiger partial charge in [0.15, 0.2) is 0 Å². The Morgan fingerprint density at radius 1 is 1.25 bits per heavy atom. The summed E-state index contributed by atoms with van der Waals surface area (Å²) in [7, 11) is 0. The molecule has 2 saturated carbocycles. The Bertz CT molecular complexity index is 452. The second-order valence-corrected chi connectivity index (χ2v) is 6.34. The second-order valence-electron chi connectivity index (χ2n) is 6.34. The maximum Gasteiger partial charge on any atom is 0.144 e. The van der Waals surface area contributed by atoms with E-state index >= 15 is 0 Å². The highest BCUT2D eigenvalue weighted by atomic mass is 15.2. The lowest BCUT2D eigenvalue weighted by Crippen LogP contribution is -2.29. The third kappa shape index (κ3) is 3.92. The number of nitrogens with one attached hydrogen (secondary N) is 1. The van der Waals surface area contributed by atoms with Crippen LogP contribution in [0.2, 0.25) is 0 Å². The molecule has 0 atom stereocenters. The predicted molar refractivity (Wildman–Crippen MR) is 81.7 cm³/mol. The molecule has 1 heterocycles. The fraction of sp³-hybridized carbons (Fsp3) is 0.750. The van der Waals surface area contributed by atoms with Crippen LogP contribution in [-0.2, 0) is 6.54 Å². The van der Waals surface area contributed by atoms with Gasteiger partial charge in [-0.05, 0) is 44.9 Å². The van der Waals surface area contributed by atoms with E-state index in [0.717, 1.165) is 48.8 Å². The monoisotopic (exact) mass is 274 g/mol. The van der Waals surface area contributed by atoms with E-state index in [4.69, 9.17) is 0 Å². The van der Waals surface area contributed by atoms with Gasteiger partial charge in [-0.3, -0.25) is 4.90 Å². The molecule has 0 amide bonds. The lowest BCUT2D eigenvalue weighted by molar-refractivity contribution is 0.238. The number of hydrogen-bond acceptors (Lipinski definition) is 4. The molecule has 0 bridgehead atoms. The van der Waals surface area contributed by atoms with Crippen LogP contribution in [0.3, 0.4) is 0 Å². The van der Waals surface area contributed by atoms with Crippen LogP contribution in [0.5, 0.6) is 0 Å². The average molecular weight is 274 g/mol. The zero-order chi connectivity index (χ0) is 13.9. The van der Waals surface area contributed by atoms with E-state index in [1.807, 2.05) is 6.07 Å². The Hall–Kier alpha value is -1.16. The van der Waals surface area contributed by atoms with Crippen LogP contribution in [0.1, 0.15) is 50.5 Å². The Labute approximate surface area is 122 Å². The van der Waals surface area contributed by atoms with Crippen molar-refractivity contribution in [3.05, 3.63) is 17.6 Å². The fourth-order valence-corrected chi connectivity index (χ4v) is 2.64. The van der Waals surface area contributed by atoms with Crippen LogP contribution < -0.4 is 5.32 Å². The quantitative estimate of drug-likeness (QED) is 0.791. The first-order chi connectivity index (χ1) is 9.74. The SMILES string of the molecule is CCCNc1cc(C)nc(CN(CC2CC2)C2CC2)n1. The van der Waals surface area contributed by atoms with Crippen LogP contribution in [0.15, 0.2) is 6.07 Å². The zero-order valence-electron chi connectivity index (χ0n) is 12.7. The van der Waals surface area contributed by atoms with Crippen molar-refractivity contribution in [1.29, 1.82) is 0 Å². The summed E-state index contributed by atoms with van der Waals surface area (Å²) in [5.41, 5.74) is 1.07. The van der Waals surface area contributed by atoms with Gasteiger partial charge in [0.25, 0.3) is 0 Å². The number of aryl methyl sites for hydroxylation is 1. The van der Waals surface area contributed by atoms with Crippen LogP contribution >= 0.6 is 0 Å². The van der Waals surface area contributed by atoms with Gasteiger partial charge < -0.3 is 5.32 Å². The summed E-state index contributed by atoms with van der Waals surface area (Å²) >= 11 is 0. The third-order valence-corrected chi connectivity index (χ3v) is 4.05. The summed E-state index contributed by atoms with van der Waals surface area (Å²) < 4.78 is 0. The van der Waals surface area contributed by atoms with E-state index in [1.165, 1.54) is 32.2 Å². The molecule has 0 aromatic carbocycles. The highest BCUT2D eigenvalue weighted by molar-refractivity contribution is 5.35. The van der Waals surface area contributed by atoms with Gasteiger partial charge in [-0.25, -0.2) is 9.97 Å². The first kappa shape index (κ1) is 13.8. The largest absolute Gasteiger partial charge is 0.370 e. The number of anilines is 1. The molecule has 1 aromatic heterocycles. The van der Waals surface area contributed by atoms with E-state index in [9.17, 15) is 0 Å². The van der Waals surface area contributed by atoms with Gasteiger partial charge in [0.2, 0.25) is 0 Å². The van der Waals surface area contributed by atoms with E-state index < -0.39 is 0 Å². The summed E-state index contributed by atoms with van der Waals surface area (Å²) in [6.45, 7) is 7.38. The van der Waals surface area contributed by atoms with Gasteiger partial charge >= 0.3 is 0 Å². The Kier molecular flexibility index (Phi) is 4.20. The normalized spacial score (nSPS) is 18.6. The molecule has 4 heteroatoms. The number of aromatic nitrogens is 2. The van der Waals surface area contributed by atoms with Crippen LogP contribution in [0.4, 0.5) is 5.82 Å². The molecule has 0 unspecified atom stereocenters. The van der Waals surface area contributed by atoms with Crippen molar-refractivity contribution in [1.82, 2.24) is 14.9 Å².